The molecular formula is C18H21N5O6. The molecule has 11 nitrogen and oxygen atoms in total. The number of methoxy groups -OCH3 is 1. The third kappa shape index (κ3) is 3.01. The number of hydrogen-bond acceptors (Lipinski definition) is 10. The molecule has 2 aromatic heterocycles. The molecule has 2 saturated heterocycles. The van der Waals surface area contributed by atoms with E-state index in [9.17, 15) is 10.1 Å². The number of hydrogen-bond donors (Lipinski definition) is 1. The molecule has 2 aromatic rings. The van der Waals surface area contributed by atoms with Gasteiger partial charge < -0.3 is 29.4 Å². The van der Waals surface area contributed by atoms with Crippen LogP contribution in [0.4, 0.5) is 5.82 Å². The summed E-state index contributed by atoms with van der Waals surface area (Å²) in [6.45, 7) is 2.39. The van der Waals surface area contributed by atoms with Crippen LogP contribution in [0.15, 0.2) is 18.5 Å². The summed E-state index contributed by atoms with van der Waals surface area (Å²) < 4.78 is 29.6. The number of carbonyl (C=O) groups is 1. The number of anilines is 1. The highest BCUT2D eigenvalue weighted by Gasteiger charge is 2.64. The smallest absolute Gasteiger partial charge is 0.308 e. The maximum Gasteiger partial charge on any atom is 0.308 e. The van der Waals surface area contributed by atoms with Crippen molar-refractivity contribution in [3.05, 3.63) is 24.2 Å². The van der Waals surface area contributed by atoms with Crippen molar-refractivity contribution in [1.29, 1.82) is 5.26 Å². The average Bonchev–Trinajstić information content (AvgIpc) is 3.39. The molecule has 29 heavy (non-hydrogen) atoms. The van der Waals surface area contributed by atoms with Crippen LogP contribution in [0.25, 0.3) is 5.52 Å². The fourth-order valence-electron chi connectivity index (χ4n) is 3.57. The van der Waals surface area contributed by atoms with Crippen molar-refractivity contribution in [2.45, 2.75) is 44.2 Å². The van der Waals surface area contributed by atoms with Gasteiger partial charge >= 0.3 is 5.97 Å². The van der Waals surface area contributed by atoms with Crippen molar-refractivity contribution in [1.82, 2.24) is 14.6 Å². The summed E-state index contributed by atoms with van der Waals surface area (Å²) in [5, 5.41) is 14.4. The van der Waals surface area contributed by atoms with Gasteiger partial charge in [0.25, 0.3) is 6.48 Å². The maximum atomic E-state index is 11.9. The summed E-state index contributed by atoms with van der Waals surface area (Å²) in [6, 6.07) is 5.57. The summed E-state index contributed by atoms with van der Waals surface area (Å²) in [5.74, 6) is -0.417. The molecular weight excluding hydrogens is 382 g/mol. The highest BCUT2D eigenvalue weighted by atomic mass is 16.9. The van der Waals surface area contributed by atoms with Gasteiger partial charge in [0, 0.05) is 7.11 Å². The number of nitrogen functional groups attached to an aromatic ring is 1. The molecule has 2 fully saturated rings. The molecule has 0 aliphatic carbocycles. The van der Waals surface area contributed by atoms with Gasteiger partial charge in [-0.2, -0.15) is 10.4 Å². The van der Waals surface area contributed by atoms with Crippen LogP contribution in [0.5, 0.6) is 0 Å². The number of esters is 1. The second kappa shape index (κ2) is 7.23. The number of nitriles is 1. The van der Waals surface area contributed by atoms with Gasteiger partial charge in [0.15, 0.2) is 5.82 Å². The average molecular weight is 403 g/mol. The monoisotopic (exact) mass is 403 g/mol. The van der Waals surface area contributed by atoms with Crippen LogP contribution in [0.1, 0.15) is 19.5 Å². The third-order valence-corrected chi connectivity index (χ3v) is 5.01. The number of rotatable bonds is 5. The van der Waals surface area contributed by atoms with Gasteiger partial charge in [-0.15, -0.1) is 0 Å². The molecule has 4 rings (SSSR count). The molecule has 5 atom stereocenters. The van der Waals surface area contributed by atoms with Crippen molar-refractivity contribution < 1.29 is 28.5 Å². The Morgan fingerprint density at radius 3 is 2.93 bits per heavy atom. The minimum absolute atomic E-state index is 0.0954. The van der Waals surface area contributed by atoms with Gasteiger partial charge in [-0.3, -0.25) is 4.79 Å². The van der Waals surface area contributed by atoms with Gasteiger partial charge in [-0.1, -0.05) is 13.8 Å². The first-order valence-corrected chi connectivity index (χ1v) is 9.09. The zero-order valence-electron chi connectivity index (χ0n) is 16.1. The standard InChI is InChI=1S/C18H21N5O6/c1-9(2)16(24)26-6-11-13-14(28-17(25-3)27-13)18(7-19,29-11)12-5-4-10-15(20)21-8-22-23(10)12/h4-5,8-9,11,13-14,17H,6H2,1-3H3,(H2,20,21,22)/t11-,13-,14-,17?,18+/m1/s1. The maximum absolute atomic E-state index is 11.9. The van der Waals surface area contributed by atoms with Crippen molar-refractivity contribution in [3.63, 3.8) is 0 Å². The second-order valence-electron chi connectivity index (χ2n) is 7.13. The van der Waals surface area contributed by atoms with Gasteiger partial charge in [0.2, 0.25) is 5.60 Å². The summed E-state index contributed by atoms with van der Waals surface area (Å²) >= 11 is 0. The summed E-state index contributed by atoms with van der Waals surface area (Å²) in [6.07, 6.45) is -0.985. The number of nitrogens with zero attached hydrogens (tertiary/aromatic N) is 4. The van der Waals surface area contributed by atoms with E-state index in [1.54, 1.807) is 26.0 Å². The van der Waals surface area contributed by atoms with E-state index in [0.29, 0.717) is 11.2 Å². The van der Waals surface area contributed by atoms with Crippen molar-refractivity contribution in [2.75, 3.05) is 19.5 Å². The summed E-state index contributed by atoms with van der Waals surface area (Å²) in [4.78, 5) is 15.9. The van der Waals surface area contributed by atoms with Crippen LogP contribution < -0.4 is 5.73 Å². The van der Waals surface area contributed by atoms with E-state index in [0.717, 1.165) is 0 Å². The molecule has 0 spiro atoms. The Morgan fingerprint density at radius 1 is 1.45 bits per heavy atom. The Hall–Kier alpha value is -2.78. The van der Waals surface area contributed by atoms with Gasteiger partial charge in [-0.25, -0.2) is 9.50 Å². The van der Waals surface area contributed by atoms with E-state index < -0.39 is 30.4 Å². The Kier molecular flexibility index (Phi) is 4.87. The molecule has 0 amide bonds. The molecule has 4 heterocycles. The predicted octanol–water partition coefficient (Wildman–Crippen LogP) is 0.342. The lowest BCUT2D eigenvalue weighted by Crippen LogP contribution is -2.40. The fourth-order valence-corrected chi connectivity index (χ4v) is 3.57. The molecule has 2 N–H and O–H groups in total. The SMILES string of the molecule is COC1O[C@H]2[C@@H](O1)[C@](C#N)(c1ccc3c(N)ncnn13)O[C@@H]2COC(=O)C(C)C. The van der Waals surface area contributed by atoms with Gasteiger partial charge in [0.05, 0.1) is 11.6 Å². The first-order chi connectivity index (χ1) is 13.9. The van der Waals surface area contributed by atoms with Crippen LogP contribution in [0, 0.1) is 17.2 Å². The number of carbonyl (C=O) groups excluding carboxylic acids is 1. The normalized spacial score (nSPS) is 31.1. The number of ether oxygens (including phenoxy) is 5. The molecule has 1 unspecified atom stereocenters. The zero-order chi connectivity index (χ0) is 20.8. The Labute approximate surface area is 166 Å². The van der Waals surface area contributed by atoms with Gasteiger partial charge in [0.1, 0.15) is 42.8 Å². The first kappa shape index (κ1) is 19.5. The van der Waals surface area contributed by atoms with Crippen molar-refractivity contribution in [3.8, 4) is 6.07 Å². The summed E-state index contributed by atoms with van der Waals surface area (Å²) in [7, 11) is 1.43. The van der Waals surface area contributed by atoms with E-state index in [-0.39, 0.29) is 24.3 Å². The van der Waals surface area contributed by atoms with E-state index in [1.165, 1.54) is 18.0 Å². The Morgan fingerprint density at radius 2 is 2.24 bits per heavy atom. The molecule has 0 bridgehead atoms. The lowest BCUT2D eigenvalue weighted by atomic mass is 9.92. The molecule has 2 aliphatic rings. The van der Waals surface area contributed by atoms with E-state index in [2.05, 4.69) is 16.2 Å². The predicted molar refractivity (Wildman–Crippen MR) is 95.9 cm³/mol. The minimum Gasteiger partial charge on any atom is -0.463 e. The first-order valence-electron chi connectivity index (χ1n) is 9.09. The Balaban J connectivity index is 1.73. The molecule has 0 radical (unpaired) electrons. The fraction of sp³-hybridized carbons (Fsp3) is 0.556. The van der Waals surface area contributed by atoms with E-state index in [1.807, 2.05) is 0 Å². The van der Waals surface area contributed by atoms with Crippen LogP contribution >= 0.6 is 0 Å². The third-order valence-electron chi connectivity index (χ3n) is 5.01. The molecule has 11 heteroatoms. The second-order valence-corrected chi connectivity index (χ2v) is 7.13. The number of fused-ring (bicyclic) bond motifs is 2. The highest BCUT2D eigenvalue weighted by molar-refractivity contribution is 5.71. The van der Waals surface area contributed by atoms with E-state index in [4.69, 9.17) is 29.4 Å². The topological polar surface area (TPSA) is 143 Å². The van der Waals surface area contributed by atoms with Crippen LogP contribution in [0.3, 0.4) is 0 Å². The number of aromatic nitrogens is 3. The van der Waals surface area contributed by atoms with Crippen LogP contribution in [-0.2, 0) is 34.1 Å². The summed E-state index contributed by atoms with van der Waals surface area (Å²) in [5.41, 5.74) is 5.25. The molecule has 2 aliphatic heterocycles. The van der Waals surface area contributed by atoms with E-state index >= 15 is 0 Å². The van der Waals surface area contributed by atoms with Crippen LogP contribution in [0.2, 0.25) is 0 Å². The molecule has 154 valence electrons. The quantitative estimate of drug-likeness (QED) is 0.694. The molecule has 0 saturated carbocycles. The lowest BCUT2D eigenvalue weighted by Gasteiger charge is -2.26. The zero-order valence-corrected chi connectivity index (χ0v) is 16.1. The van der Waals surface area contributed by atoms with Crippen molar-refractivity contribution >= 4 is 17.3 Å². The van der Waals surface area contributed by atoms with Crippen LogP contribution in [-0.4, -0.2) is 59.1 Å². The van der Waals surface area contributed by atoms with Gasteiger partial charge in [-0.05, 0) is 12.1 Å². The molecule has 0 aromatic carbocycles. The largest absolute Gasteiger partial charge is 0.463 e. The lowest BCUT2D eigenvalue weighted by molar-refractivity contribution is -0.260. The van der Waals surface area contributed by atoms with Crippen molar-refractivity contribution in [2.24, 2.45) is 5.92 Å². The highest BCUT2D eigenvalue weighted by Crippen LogP contribution is 2.47. The number of nitrogens with two attached hydrogens (primary N) is 1. The Bertz CT molecular complexity index is 971. The minimum atomic E-state index is -1.58.